The van der Waals surface area contributed by atoms with Crippen molar-refractivity contribution in [1.29, 1.82) is 0 Å². The van der Waals surface area contributed by atoms with Crippen LogP contribution in [-0.2, 0) is 6.54 Å². The van der Waals surface area contributed by atoms with E-state index < -0.39 is 0 Å². The van der Waals surface area contributed by atoms with Crippen LogP contribution in [0.3, 0.4) is 0 Å². The number of ether oxygens (including phenoxy) is 1. The Morgan fingerprint density at radius 3 is 2.94 bits per heavy atom. The number of imidazole rings is 1. The molecule has 5 heteroatoms. The fourth-order valence-corrected chi connectivity index (χ4v) is 2.07. The third-order valence-electron chi connectivity index (χ3n) is 2.83. The van der Waals surface area contributed by atoms with E-state index in [1.807, 2.05) is 34.5 Å². The molecule has 0 aliphatic rings. The number of thioether (sulfide) groups is 1. The summed E-state index contributed by atoms with van der Waals surface area (Å²) in [5.41, 5.74) is 7.89. The molecule has 0 radical (unpaired) electrons. The van der Waals surface area contributed by atoms with Crippen LogP contribution in [0.25, 0.3) is 11.0 Å². The fraction of sp³-hybridized carbons (Fsp3) is 0.417. The van der Waals surface area contributed by atoms with Gasteiger partial charge < -0.3 is 15.0 Å². The monoisotopic (exact) mass is 251 g/mol. The van der Waals surface area contributed by atoms with Gasteiger partial charge in [-0.1, -0.05) is 6.92 Å². The van der Waals surface area contributed by atoms with Gasteiger partial charge in [-0.25, -0.2) is 4.98 Å². The second-order valence-corrected chi connectivity index (χ2v) is 5.26. The van der Waals surface area contributed by atoms with Crippen LogP contribution in [0.2, 0.25) is 0 Å². The minimum atomic E-state index is 0.501. The zero-order chi connectivity index (χ0) is 12.4. The minimum absolute atomic E-state index is 0.501. The molecule has 0 saturated carbocycles. The van der Waals surface area contributed by atoms with E-state index in [1.54, 1.807) is 7.11 Å². The number of anilines is 1. The van der Waals surface area contributed by atoms with Gasteiger partial charge in [0.15, 0.2) is 0 Å². The maximum absolute atomic E-state index is 5.95. The van der Waals surface area contributed by atoms with E-state index in [1.165, 1.54) is 0 Å². The molecule has 0 saturated heterocycles. The normalized spacial score (nSPS) is 12.9. The molecule has 0 spiro atoms. The van der Waals surface area contributed by atoms with Gasteiger partial charge >= 0.3 is 0 Å². The summed E-state index contributed by atoms with van der Waals surface area (Å²) >= 11 is 1.81. The van der Waals surface area contributed by atoms with Crippen LogP contribution in [0.5, 0.6) is 5.75 Å². The molecule has 0 fully saturated rings. The predicted molar refractivity (Wildman–Crippen MR) is 73.7 cm³/mol. The zero-order valence-electron chi connectivity index (χ0n) is 10.3. The number of rotatable bonds is 4. The summed E-state index contributed by atoms with van der Waals surface area (Å²) < 4.78 is 7.27. The summed E-state index contributed by atoms with van der Waals surface area (Å²) in [7, 11) is 1.66. The van der Waals surface area contributed by atoms with E-state index in [0.29, 0.717) is 11.2 Å². The Hall–Kier alpha value is -1.36. The Morgan fingerprint density at radius 1 is 1.53 bits per heavy atom. The van der Waals surface area contributed by atoms with Gasteiger partial charge in [0.25, 0.3) is 0 Å². The van der Waals surface area contributed by atoms with E-state index >= 15 is 0 Å². The van der Waals surface area contributed by atoms with Gasteiger partial charge in [-0.2, -0.15) is 11.8 Å². The highest BCUT2D eigenvalue weighted by atomic mass is 32.2. The molecule has 2 N–H and O–H groups in total. The van der Waals surface area contributed by atoms with Crippen molar-refractivity contribution < 1.29 is 4.74 Å². The summed E-state index contributed by atoms with van der Waals surface area (Å²) in [6.07, 6.45) is 2.10. The number of nitrogens with two attached hydrogens (primary N) is 1. The molecule has 1 aromatic heterocycles. The van der Waals surface area contributed by atoms with Crippen molar-refractivity contribution in [3.63, 3.8) is 0 Å². The maximum Gasteiger partial charge on any atom is 0.201 e. The number of hydrogen-bond donors (Lipinski definition) is 1. The van der Waals surface area contributed by atoms with Crippen LogP contribution in [0.1, 0.15) is 6.92 Å². The lowest BCUT2D eigenvalue weighted by atomic mass is 10.3. The van der Waals surface area contributed by atoms with E-state index in [2.05, 4.69) is 18.2 Å². The molecular weight excluding hydrogens is 234 g/mol. The molecule has 4 nitrogen and oxygen atoms in total. The molecule has 1 aromatic carbocycles. The van der Waals surface area contributed by atoms with Gasteiger partial charge in [-0.15, -0.1) is 0 Å². The Morgan fingerprint density at radius 2 is 2.29 bits per heavy atom. The molecule has 92 valence electrons. The highest BCUT2D eigenvalue weighted by Gasteiger charge is 2.11. The average molecular weight is 251 g/mol. The second kappa shape index (κ2) is 4.87. The molecular formula is C12H17N3OS. The van der Waals surface area contributed by atoms with Gasteiger partial charge in [0, 0.05) is 17.9 Å². The summed E-state index contributed by atoms with van der Waals surface area (Å²) in [6, 6.07) is 5.81. The third kappa shape index (κ3) is 2.34. The van der Waals surface area contributed by atoms with Crippen LogP contribution in [0.4, 0.5) is 5.95 Å². The lowest BCUT2D eigenvalue weighted by molar-refractivity contribution is 0.415. The highest BCUT2D eigenvalue weighted by Crippen LogP contribution is 2.24. The first kappa shape index (κ1) is 12.1. The lowest BCUT2D eigenvalue weighted by Crippen LogP contribution is -2.11. The topological polar surface area (TPSA) is 53.1 Å². The molecule has 1 unspecified atom stereocenters. The molecule has 2 aromatic rings. The lowest BCUT2D eigenvalue weighted by Gasteiger charge is -2.11. The van der Waals surface area contributed by atoms with Crippen LogP contribution in [0.15, 0.2) is 18.2 Å². The quantitative estimate of drug-likeness (QED) is 0.906. The van der Waals surface area contributed by atoms with E-state index in [4.69, 9.17) is 10.5 Å². The third-order valence-corrected chi connectivity index (χ3v) is 3.78. The number of nitrogen functional groups attached to an aromatic ring is 1. The molecule has 0 aliphatic carbocycles. The molecule has 1 atom stereocenters. The van der Waals surface area contributed by atoms with Crippen LogP contribution in [-0.4, -0.2) is 28.2 Å². The smallest absolute Gasteiger partial charge is 0.201 e. The van der Waals surface area contributed by atoms with Gasteiger partial charge in [0.2, 0.25) is 5.95 Å². The van der Waals surface area contributed by atoms with E-state index in [9.17, 15) is 0 Å². The van der Waals surface area contributed by atoms with Crippen molar-refractivity contribution in [2.75, 3.05) is 19.1 Å². The molecule has 2 rings (SSSR count). The van der Waals surface area contributed by atoms with E-state index in [-0.39, 0.29) is 0 Å². The minimum Gasteiger partial charge on any atom is -0.497 e. The van der Waals surface area contributed by atoms with Crippen molar-refractivity contribution in [3.8, 4) is 5.75 Å². The average Bonchev–Trinajstić information content (AvgIpc) is 2.65. The second-order valence-electron chi connectivity index (χ2n) is 3.98. The Bertz CT molecular complexity index is 524. The van der Waals surface area contributed by atoms with Crippen molar-refractivity contribution >= 4 is 28.7 Å². The first-order valence-electron chi connectivity index (χ1n) is 5.48. The van der Waals surface area contributed by atoms with Gasteiger partial charge in [0.05, 0.1) is 18.1 Å². The van der Waals surface area contributed by atoms with Crippen LogP contribution in [0, 0.1) is 0 Å². The standard InChI is InChI=1S/C12H17N3OS/c1-8(17-3)7-15-11-6-9(16-2)4-5-10(11)14-12(15)13/h4-6,8H,7H2,1-3H3,(H2,13,14). The number of aromatic nitrogens is 2. The number of nitrogens with zero attached hydrogens (tertiary/aromatic N) is 2. The molecule has 0 aliphatic heterocycles. The Labute approximate surface area is 105 Å². The predicted octanol–water partition coefficient (Wildman–Crippen LogP) is 2.38. The summed E-state index contributed by atoms with van der Waals surface area (Å²) in [5.74, 6) is 1.39. The zero-order valence-corrected chi connectivity index (χ0v) is 11.1. The van der Waals surface area contributed by atoms with Crippen LogP contribution < -0.4 is 10.5 Å². The highest BCUT2D eigenvalue weighted by molar-refractivity contribution is 7.99. The number of hydrogen-bond acceptors (Lipinski definition) is 4. The summed E-state index contributed by atoms with van der Waals surface area (Å²) in [5, 5.41) is 0.501. The van der Waals surface area contributed by atoms with E-state index in [0.717, 1.165) is 23.3 Å². The fourth-order valence-electron chi connectivity index (χ4n) is 1.77. The van der Waals surface area contributed by atoms with Gasteiger partial charge in [-0.05, 0) is 18.4 Å². The molecule has 0 bridgehead atoms. The SMILES string of the molecule is COc1ccc2nc(N)n(CC(C)SC)c2c1. The Kier molecular flexibility index (Phi) is 3.47. The van der Waals surface area contributed by atoms with Crippen LogP contribution >= 0.6 is 11.8 Å². The first-order valence-corrected chi connectivity index (χ1v) is 6.77. The molecule has 1 heterocycles. The summed E-state index contributed by atoms with van der Waals surface area (Å²) in [4.78, 5) is 4.35. The molecule has 17 heavy (non-hydrogen) atoms. The van der Waals surface area contributed by atoms with Crippen molar-refractivity contribution in [2.24, 2.45) is 0 Å². The van der Waals surface area contributed by atoms with Gasteiger partial charge in [-0.3, -0.25) is 0 Å². The maximum atomic E-state index is 5.95. The van der Waals surface area contributed by atoms with Crippen molar-refractivity contribution in [3.05, 3.63) is 18.2 Å². The Balaban J connectivity index is 2.48. The number of fused-ring (bicyclic) bond motifs is 1. The first-order chi connectivity index (χ1) is 8.15. The van der Waals surface area contributed by atoms with Gasteiger partial charge in [0.1, 0.15) is 5.75 Å². The number of benzene rings is 1. The van der Waals surface area contributed by atoms with Crippen molar-refractivity contribution in [1.82, 2.24) is 9.55 Å². The largest absolute Gasteiger partial charge is 0.497 e. The van der Waals surface area contributed by atoms with Crippen molar-refractivity contribution in [2.45, 2.75) is 18.7 Å². The number of methoxy groups -OCH3 is 1. The summed E-state index contributed by atoms with van der Waals surface area (Å²) in [6.45, 7) is 3.03. The molecule has 0 amide bonds.